The highest BCUT2D eigenvalue weighted by Gasteiger charge is 2.33. The van der Waals surface area contributed by atoms with Crippen LogP contribution in [-0.2, 0) is 10.0 Å². The van der Waals surface area contributed by atoms with E-state index in [-0.39, 0.29) is 15.9 Å². The molecule has 0 heterocycles. The molecule has 7 heteroatoms. The fourth-order valence-corrected chi connectivity index (χ4v) is 3.67. The highest BCUT2D eigenvalue weighted by Crippen LogP contribution is 2.39. The summed E-state index contributed by atoms with van der Waals surface area (Å²) in [7, 11) is -3.84. The van der Waals surface area contributed by atoms with E-state index in [9.17, 15) is 17.6 Å². The molecule has 1 aromatic carbocycles. The van der Waals surface area contributed by atoms with E-state index in [0.29, 0.717) is 6.54 Å². The molecule has 1 aliphatic carbocycles. The maximum Gasteiger partial charge on any atom is 0.338 e. The first-order valence-corrected chi connectivity index (χ1v) is 8.16. The van der Waals surface area contributed by atoms with Gasteiger partial charge in [-0.1, -0.05) is 13.3 Å². The predicted molar refractivity (Wildman–Crippen MR) is 75.2 cm³/mol. The number of halogens is 1. The van der Waals surface area contributed by atoms with Gasteiger partial charge in [0.2, 0.25) is 10.0 Å². The zero-order valence-electron chi connectivity index (χ0n) is 11.9. The number of carboxylic acids is 1. The highest BCUT2D eigenvalue weighted by molar-refractivity contribution is 7.89. The molecule has 2 N–H and O–H groups in total. The highest BCUT2D eigenvalue weighted by atomic mass is 32.2. The van der Waals surface area contributed by atoms with Crippen LogP contribution in [0.4, 0.5) is 4.39 Å². The summed E-state index contributed by atoms with van der Waals surface area (Å²) in [6.07, 6.45) is 2.99. The SMILES string of the molecule is Cc1cc(S(=O)(=O)NCC2(C)CCC2)cc(C(=O)O)c1F. The number of carbonyl (C=O) groups is 1. The minimum atomic E-state index is -3.84. The summed E-state index contributed by atoms with van der Waals surface area (Å²) in [5, 5.41) is 8.93. The largest absolute Gasteiger partial charge is 0.478 e. The van der Waals surface area contributed by atoms with Crippen LogP contribution < -0.4 is 4.72 Å². The van der Waals surface area contributed by atoms with Crippen molar-refractivity contribution < 1.29 is 22.7 Å². The number of sulfonamides is 1. The summed E-state index contributed by atoms with van der Waals surface area (Å²) in [6.45, 7) is 3.64. The van der Waals surface area contributed by atoms with Crippen molar-refractivity contribution in [3.05, 3.63) is 29.1 Å². The second-order valence-corrected chi connectivity index (χ2v) is 7.66. The van der Waals surface area contributed by atoms with Crippen LogP contribution in [0.15, 0.2) is 17.0 Å². The molecule has 5 nitrogen and oxygen atoms in total. The Morgan fingerprint density at radius 2 is 2.05 bits per heavy atom. The van der Waals surface area contributed by atoms with Crippen molar-refractivity contribution in [2.75, 3.05) is 6.54 Å². The lowest BCUT2D eigenvalue weighted by molar-refractivity contribution is 0.0691. The van der Waals surface area contributed by atoms with E-state index in [0.717, 1.165) is 31.4 Å². The lowest BCUT2D eigenvalue weighted by Gasteiger charge is -2.38. The minimum absolute atomic E-state index is 0.00914. The Morgan fingerprint density at radius 1 is 1.43 bits per heavy atom. The van der Waals surface area contributed by atoms with Gasteiger partial charge in [-0.2, -0.15) is 0 Å². The quantitative estimate of drug-likeness (QED) is 0.873. The third-order valence-corrected chi connectivity index (χ3v) is 5.40. The Labute approximate surface area is 123 Å². The van der Waals surface area contributed by atoms with E-state index in [1.54, 1.807) is 0 Å². The first-order valence-electron chi connectivity index (χ1n) is 6.68. The molecule has 0 spiro atoms. The molecule has 116 valence electrons. The van der Waals surface area contributed by atoms with Crippen LogP contribution in [0.5, 0.6) is 0 Å². The van der Waals surface area contributed by atoms with Crippen molar-refractivity contribution in [2.24, 2.45) is 5.41 Å². The van der Waals surface area contributed by atoms with Gasteiger partial charge in [0.15, 0.2) is 0 Å². The third-order valence-electron chi connectivity index (χ3n) is 4.02. The number of rotatable bonds is 5. The minimum Gasteiger partial charge on any atom is -0.478 e. The number of hydrogen-bond acceptors (Lipinski definition) is 3. The first-order chi connectivity index (χ1) is 9.65. The van der Waals surface area contributed by atoms with Gasteiger partial charge in [-0.05, 0) is 42.9 Å². The van der Waals surface area contributed by atoms with Gasteiger partial charge in [-0.25, -0.2) is 22.3 Å². The van der Waals surface area contributed by atoms with Crippen LogP contribution in [0.3, 0.4) is 0 Å². The van der Waals surface area contributed by atoms with Crippen LogP contribution >= 0.6 is 0 Å². The Balaban J connectivity index is 2.29. The molecule has 1 fully saturated rings. The number of benzene rings is 1. The lowest BCUT2D eigenvalue weighted by atomic mass is 9.71. The van der Waals surface area contributed by atoms with Gasteiger partial charge < -0.3 is 5.11 Å². The molecular weight excluding hydrogens is 297 g/mol. The van der Waals surface area contributed by atoms with Gasteiger partial charge in [0, 0.05) is 6.54 Å². The van der Waals surface area contributed by atoms with Gasteiger partial charge in [0.25, 0.3) is 0 Å². The molecule has 0 saturated heterocycles. The predicted octanol–water partition coefficient (Wildman–Crippen LogP) is 2.30. The van der Waals surface area contributed by atoms with E-state index in [4.69, 9.17) is 5.11 Å². The standard InChI is InChI=1S/C14H18FNO4S/c1-9-6-10(7-11(12(9)15)13(17)18)21(19,20)16-8-14(2)4-3-5-14/h6-7,16H,3-5,8H2,1-2H3,(H,17,18). The summed E-state index contributed by atoms with van der Waals surface area (Å²) in [5.41, 5.74) is -0.687. The maximum atomic E-state index is 13.7. The summed E-state index contributed by atoms with van der Waals surface area (Å²) in [4.78, 5) is 10.7. The molecule has 2 rings (SSSR count). The molecule has 0 aromatic heterocycles. The van der Waals surface area contributed by atoms with Crippen molar-refractivity contribution in [3.63, 3.8) is 0 Å². The van der Waals surface area contributed by atoms with E-state index in [2.05, 4.69) is 4.72 Å². The van der Waals surface area contributed by atoms with E-state index < -0.39 is 27.4 Å². The maximum absolute atomic E-state index is 13.7. The molecule has 1 saturated carbocycles. The van der Waals surface area contributed by atoms with E-state index >= 15 is 0 Å². The van der Waals surface area contributed by atoms with E-state index in [1.807, 2.05) is 6.92 Å². The zero-order chi connectivity index (χ0) is 15.8. The molecule has 0 radical (unpaired) electrons. The second-order valence-electron chi connectivity index (χ2n) is 5.90. The molecule has 1 aromatic rings. The van der Waals surface area contributed by atoms with Gasteiger partial charge in [-0.3, -0.25) is 0 Å². The fourth-order valence-electron chi connectivity index (χ4n) is 2.36. The lowest BCUT2D eigenvalue weighted by Crippen LogP contribution is -2.40. The fraction of sp³-hybridized carbons (Fsp3) is 0.500. The Morgan fingerprint density at radius 3 is 2.52 bits per heavy atom. The van der Waals surface area contributed by atoms with Gasteiger partial charge in [-0.15, -0.1) is 0 Å². The Bertz CT molecular complexity index is 680. The van der Waals surface area contributed by atoms with Crippen molar-refractivity contribution >= 4 is 16.0 Å². The number of aromatic carboxylic acids is 1. The van der Waals surface area contributed by atoms with Crippen molar-refractivity contribution in [1.29, 1.82) is 0 Å². The number of hydrogen-bond donors (Lipinski definition) is 2. The molecule has 21 heavy (non-hydrogen) atoms. The molecule has 0 bridgehead atoms. The van der Waals surface area contributed by atoms with Crippen molar-refractivity contribution in [3.8, 4) is 0 Å². The molecule has 1 aliphatic rings. The summed E-state index contributed by atoms with van der Waals surface area (Å²) >= 11 is 0. The summed E-state index contributed by atoms with van der Waals surface area (Å²) in [5.74, 6) is -2.40. The summed E-state index contributed by atoms with van der Waals surface area (Å²) < 4.78 is 40.6. The average molecular weight is 315 g/mol. The van der Waals surface area contributed by atoms with E-state index in [1.165, 1.54) is 6.92 Å². The molecule has 0 amide bonds. The molecule has 0 aliphatic heterocycles. The first kappa shape index (κ1) is 15.9. The molecule has 0 atom stereocenters. The van der Waals surface area contributed by atoms with Crippen LogP contribution in [0.2, 0.25) is 0 Å². The Hall–Kier alpha value is -1.47. The number of nitrogens with one attached hydrogen (secondary N) is 1. The Kier molecular flexibility index (Phi) is 4.08. The van der Waals surface area contributed by atoms with Crippen LogP contribution in [0, 0.1) is 18.2 Å². The number of aryl methyl sites for hydroxylation is 1. The zero-order valence-corrected chi connectivity index (χ0v) is 12.8. The van der Waals surface area contributed by atoms with Gasteiger partial charge >= 0.3 is 5.97 Å². The van der Waals surface area contributed by atoms with Crippen molar-refractivity contribution in [1.82, 2.24) is 4.72 Å². The van der Waals surface area contributed by atoms with Crippen LogP contribution in [-0.4, -0.2) is 26.0 Å². The summed E-state index contributed by atoms with van der Waals surface area (Å²) in [6, 6.07) is 2.00. The average Bonchev–Trinajstić information content (AvgIpc) is 2.36. The molecular formula is C14H18FNO4S. The number of carboxylic acid groups (broad SMARTS) is 1. The van der Waals surface area contributed by atoms with Gasteiger partial charge in [0.1, 0.15) is 5.82 Å². The van der Waals surface area contributed by atoms with Crippen LogP contribution in [0.25, 0.3) is 0 Å². The van der Waals surface area contributed by atoms with Crippen molar-refractivity contribution in [2.45, 2.75) is 38.0 Å². The third kappa shape index (κ3) is 3.24. The van der Waals surface area contributed by atoms with Crippen LogP contribution in [0.1, 0.15) is 42.1 Å². The molecule has 0 unspecified atom stereocenters. The van der Waals surface area contributed by atoms with Gasteiger partial charge in [0.05, 0.1) is 10.5 Å². The second kappa shape index (κ2) is 5.38. The topological polar surface area (TPSA) is 83.5 Å². The monoisotopic (exact) mass is 315 g/mol. The normalized spacial score (nSPS) is 17.3. The smallest absolute Gasteiger partial charge is 0.338 e.